The molecule has 5 atom stereocenters. The van der Waals surface area contributed by atoms with E-state index < -0.39 is 36.8 Å². The predicted octanol–water partition coefficient (Wildman–Crippen LogP) is 1.74. The quantitative estimate of drug-likeness (QED) is 0.596. The van der Waals surface area contributed by atoms with Gasteiger partial charge in [0.2, 0.25) is 5.79 Å². The van der Waals surface area contributed by atoms with Crippen LogP contribution in [-0.4, -0.2) is 51.4 Å². The number of aliphatic hydroxyl groups is 4. The molecule has 2 aliphatic rings. The van der Waals surface area contributed by atoms with Crippen LogP contribution in [0, 0.1) is 0 Å². The van der Waals surface area contributed by atoms with Gasteiger partial charge in [-0.2, -0.15) is 0 Å². The molecule has 1 fully saturated rings. The van der Waals surface area contributed by atoms with Crippen molar-refractivity contribution >= 4 is 23.2 Å². The molecule has 0 aromatic heterocycles. The third-order valence-electron chi connectivity index (χ3n) is 5.35. The lowest BCUT2D eigenvalue weighted by Crippen LogP contribution is -2.63. The second kappa shape index (κ2) is 7.55. The van der Waals surface area contributed by atoms with Gasteiger partial charge in [-0.05, 0) is 47.4 Å². The number of aliphatic hydroxyl groups excluding tert-OH is 4. The van der Waals surface area contributed by atoms with Crippen LogP contribution in [-0.2, 0) is 28.3 Å². The molecule has 4 rings (SSSR count). The zero-order chi connectivity index (χ0) is 20.1. The number of fused-ring (bicyclic) bond motifs is 2. The van der Waals surface area contributed by atoms with Crippen LogP contribution in [0.25, 0.3) is 0 Å². The minimum Gasteiger partial charge on any atom is -0.394 e. The molecule has 0 bridgehead atoms. The first-order valence-electron chi connectivity index (χ1n) is 8.89. The van der Waals surface area contributed by atoms with Gasteiger partial charge in [0.15, 0.2) is 0 Å². The summed E-state index contributed by atoms with van der Waals surface area (Å²) in [5, 5.41) is 41.6. The number of hydrogen-bond donors (Lipinski definition) is 4. The SMILES string of the molecule is OC[C@H]1OC2(OCc3cc(Cl)c(Cc4ccc(Cl)cc4)cc32)[C@H](O)[C@@H](O)[C@@H]1O. The highest BCUT2D eigenvalue weighted by molar-refractivity contribution is 6.31. The average molecular weight is 427 g/mol. The zero-order valence-corrected chi connectivity index (χ0v) is 16.3. The Bertz CT molecular complexity index is 872. The van der Waals surface area contributed by atoms with Gasteiger partial charge in [-0.25, -0.2) is 0 Å². The summed E-state index contributed by atoms with van der Waals surface area (Å²) in [4.78, 5) is 0. The van der Waals surface area contributed by atoms with Gasteiger partial charge in [0.05, 0.1) is 13.2 Å². The zero-order valence-electron chi connectivity index (χ0n) is 14.8. The number of benzene rings is 2. The van der Waals surface area contributed by atoms with E-state index in [4.69, 9.17) is 32.7 Å². The summed E-state index contributed by atoms with van der Waals surface area (Å²) >= 11 is 12.4. The summed E-state index contributed by atoms with van der Waals surface area (Å²) in [6.07, 6.45) is -5.08. The third kappa shape index (κ3) is 3.24. The fraction of sp³-hybridized carbons (Fsp3) is 0.400. The molecule has 1 saturated heterocycles. The van der Waals surface area contributed by atoms with Crippen LogP contribution in [0.1, 0.15) is 22.3 Å². The molecular formula is C20H20Cl2O6. The molecule has 28 heavy (non-hydrogen) atoms. The molecule has 2 aromatic carbocycles. The number of ether oxygens (including phenoxy) is 2. The summed E-state index contributed by atoms with van der Waals surface area (Å²) in [5.74, 6) is -1.68. The van der Waals surface area contributed by atoms with E-state index >= 15 is 0 Å². The van der Waals surface area contributed by atoms with Gasteiger partial charge in [-0.15, -0.1) is 0 Å². The second-order valence-electron chi connectivity index (χ2n) is 7.13. The molecule has 1 spiro atoms. The van der Waals surface area contributed by atoms with E-state index in [1.807, 2.05) is 12.1 Å². The second-order valence-corrected chi connectivity index (χ2v) is 7.97. The summed E-state index contributed by atoms with van der Waals surface area (Å²) in [6.45, 7) is -0.412. The predicted molar refractivity (Wildman–Crippen MR) is 102 cm³/mol. The molecule has 8 heteroatoms. The van der Waals surface area contributed by atoms with Crippen molar-refractivity contribution in [2.75, 3.05) is 6.61 Å². The van der Waals surface area contributed by atoms with Gasteiger partial charge in [0.25, 0.3) is 0 Å². The van der Waals surface area contributed by atoms with Crippen molar-refractivity contribution in [2.45, 2.75) is 43.2 Å². The molecule has 0 aliphatic carbocycles. The normalized spacial score (nSPS) is 31.9. The molecule has 4 N–H and O–H groups in total. The molecule has 0 amide bonds. The molecule has 0 radical (unpaired) electrons. The molecule has 6 nitrogen and oxygen atoms in total. The Hall–Kier alpha value is -1.22. The van der Waals surface area contributed by atoms with Crippen molar-refractivity contribution in [2.24, 2.45) is 0 Å². The Kier molecular flexibility index (Phi) is 5.41. The largest absolute Gasteiger partial charge is 0.394 e. The van der Waals surface area contributed by atoms with Gasteiger partial charge in [0.1, 0.15) is 24.4 Å². The lowest BCUT2D eigenvalue weighted by molar-refractivity contribution is -0.368. The summed E-state index contributed by atoms with van der Waals surface area (Å²) in [5.41, 5.74) is 3.01. The van der Waals surface area contributed by atoms with E-state index in [0.717, 1.165) is 11.1 Å². The van der Waals surface area contributed by atoms with Gasteiger partial charge < -0.3 is 29.9 Å². The van der Waals surface area contributed by atoms with Crippen LogP contribution in [0.2, 0.25) is 10.0 Å². The van der Waals surface area contributed by atoms with Crippen LogP contribution >= 0.6 is 23.2 Å². The van der Waals surface area contributed by atoms with Gasteiger partial charge >= 0.3 is 0 Å². The fourth-order valence-corrected chi connectivity index (χ4v) is 4.19. The Labute approximate surface area is 171 Å². The standard InChI is InChI=1S/C20H20Cl2O6/c21-13-3-1-10(2-4-13)5-11-6-14-12(7-15(11)22)9-27-20(14)19(26)18(25)17(24)16(8-23)28-20/h1-4,6-7,16-19,23-26H,5,8-9H2/t16-,17-,18+,19-,20?/m1/s1. The Balaban J connectivity index is 1.73. The van der Waals surface area contributed by atoms with Crippen molar-refractivity contribution < 1.29 is 29.9 Å². The van der Waals surface area contributed by atoms with Crippen LogP contribution in [0.4, 0.5) is 0 Å². The van der Waals surface area contributed by atoms with Gasteiger partial charge in [0, 0.05) is 15.6 Å². The van der Waals surface area contributed by atoms with Crippen molar-refractivity contribution in [1.82, 2.24) is 0 Å². The highest BCUT2D eigenvalue weighted by Crippen LogP contribution is 2.47. The molecule has 0 saturated carbocycles. The summed E-state index contributed by atoms with van der Waals surface area (Å²) in [6, 6.07) is 10.9. The van der Waals surface area contributed by atoms with Crippen LogP contribution in [0.15, 0.2) is 36.4 Å². The van der Waals surface area contributed by atoms with E-state index in [1.54, 1.807) is 24.3 Å². The van der Waals surface area contributed by atoms with Crippen LogP contribution < -0.4 is 0 Å². The average Bonchev–Trinajstić information content (AvgIpc) is 3.03. The number of hydrogen-bond acceptors (Lipinski definition) is 6. The topological polar surface area (TPSA) is 99.4 Å². The monoisotopic (exact) mass is 426 g/mol. The Morgan fingerprint density at radius 3 is 2.43 bits per heavy atom. The Morgan fingerprint density at radius 2 is 1.75 bits per heavy atom. The molecule has 2 aromatic rings. The van der Waals surface area contributed by atoms with Crippen molar-refractivity contribution in [3.63, 3.8) is 0 Å². The highest BCUT2D eigenvalue weighted by atomic mass is 35.5. The maximum absolute atomic E-state index is 10.6. The summed E-state index contributed by atoms with van der Waals surface area (Å²) < 4.78 is 11.5. The lowest BCUT2D eigenvalue weighted by atomic mass is 9.86. The van der Waals surface area contributed by atoms with E-state index in [1.165, 1.54) is 0 Å². The van der Waals surface area contributed by atoms with E-state index in [9.17, 15) is 20.4 Å². The number of rotatable bonds is 3. The van der Waals surface area contributed by atoms with E-state index in [2.05, 4.69) is 0 Å². The van der Waals surface area contributed by atoms with Crippen molar-refractivity contribution in [3.05, 3.63) is 68.7 Å². The smallest absolute Gasteiger partial charge is 0.225 e. The number of halogens is 2. The molecule has 1 unspecified atom stereocenters. The van der Waals surface area contributed by atoms with E-state index in [0.29, 0.717) is 27.6 Å². The van der Waals surface area contributed by atoms with Crippen LogP contribution in [0.5, 0.6) is 0 Å². The first kappa shape index (κ1) is 20.1. The highest BCUT2D eigenvalue weighted by Gasteiger charge is 2.58. The Morgan fingerprint density at radius 1 is 1.04 bits per heavy atom. The van der Waals surface area contributed by atoms with Gasteiger partial charge in [-0.3, -0.25) is 0 Å². The van der Waals surface area contributed by atoms with Crippen molar-refractivity contribution in [1.29, 1.82) is 0 Å². The van der Waals surface area contributed by atoms with Crippen LogP contribution in [0.3, 0.4) is 0 Å². The van der Waals surface area contributed by atoms with Crippen molar-refractivity contribution in [3.8, 4) is 0 Å². The first-order valence-corrected chi connectivity index (χ1v) is 9.64. The third-order valence-corrected chi connectivity index (χ3v) is 5.95. The van der Waals surface area contributed by atoms with Gasteiger partial charge in [-0.1, -0.05) is 35.3 Å². The lowest BCUT2D eigenvalue weighted by Gasteiger charge is -2.46. The first-order chi connectivity index (χ1) is 13.4. The molecule has 150 valence electrons. The summed E-state index contributed by atoms with van der Waals surface area (Å²) in [7, 11) is 0. The maximum atomic E-state index is 10.6. The maximum Gasteiger partial charge on any atom is 0.225 e. The minimum atomic E-state index is -1.68. The molecular weight excluding hydrogens is 407 g/mol. The molecule has 2 heterocycles. The molecule has 2 aliphatic heterocycles. The minimum absolute atomic E-state index is 0.119. The fourth-order valence-electron chi connectivity index (χ4n) is 3.81. The van der Waals surface area contributed by atoms with E-state index in [-0.39, 0.29) is 6.61 Å².